The van der Waals surface area contributed by atoms with Crippen molar-refractivity contribution in [2.75, 3.05) is 0 Å². The lowest BCUT2D eigenvalue weighted by molar-refractivity contribution is -0.125. The summed E-state index contributed by atoms with van der Waals surface area (Å²) in [5.41, 5.74) is 1.16. The van der Waals surface area contributed by atoms with E-state index in [0.717, 1.165) is 18.4 Å². The van der Waals surface area contributed by atoms with Gasteiger partial charge in [0.05, 0.1) is 6.04 Å². The Morgan fingerprint density at radius 1 is 1.17 bits per heavy atom. The molecule has 0 aliphatic heterocycles. The first-order valence-corrected chi connectivity index (χ1v) is 7.00. The van der Waals surface area contributed by atoms with Crippen molar-refractivity contribution in [2.24, 2.45) is 5.92 Å². The average Bonchev–Trinajstić information content (AvgIpc) is 2.39. The molecular formula is C16H25NO. The standard InChI is InChI=1S/C16H25NO/c1-4-5-7-10-13(2)16(18)17-14(3)15-11-8-6-9-12-15/h6,8-9,11-14H,4-5,7,10H2,1-3H3,(H,17,18). The maximum absolute atomic E-state index is 12.0. The molecule has 2 atom stereocenters. The highest BCUT2D eigenvalue weighted by molar-refractivity contribution is 5.78. The normalized spacial score (nSPS) is 13.9. The zero-order valence-electron chi connectivity index (χ0n) is 11.8. The minimum atomic E-state index is 0.0901. The third-order valence-electron chi connectivity index (χ3n) is 3.35. The predicted octanol–water partition coefficient (Wildman–Crippen LogP) is 4.08. The van der Waals surface area contributed by atoms with Gasteiger partial charge in [0.2, 0.25) is 5.91 Å². The minimum absolute atomic E-state index is 0.0901. The number of carbonyl (C=O) groups is 1. The zero-order chi connectivity index (χ0) is 13.4. The van der Waals surface area contributed by atoms with Crippen LogP contribution in [0.2, 0.25) is 0 Å². The number of benzene rings is 1. The number of rotatable bonds is 7. The lowest BCUT2D eigenvalue weighted by Gasteiger charge is -2.17. The fourth-order valence-corrected chi connectivity index (χ4v) is 2.01. The van der Waals surface area contributed by atoms with Gasteiger partial charge in [-0.25, -0.2) is 0 Å². The van der Waals surface area contributed by atoms with Crippen LogP contribution in [0.3, 0.4) is 0 Å². The molecule has 1 amide bonds. The Balaban J connectivity index is 2.39. The molecule has 0 bridgehead atoms. The number of carbonyl (C=O) groups excluding carboxylic acids is 1. The Morgan fingerprint density at radius 3 is 2.44 bits per heavy atom. The van der Waals surface area contributed by atoms with E-state index in [9.17, 15) is 4.79 Å². The maximum atomic E-state index is 12.0. The van der Waals surface area contributed by atoms with Crippen molar-refractivity contribution < 1.29 is 4.79 Å². The summed E-state index contributed by atoms with van der Waals surface area (Å²) in [5.74, 6) is 0.283. The Bertz CT molecular complexity index is 347. The molecule has 0 fully saturated rings. The second kappa shape index (κ2) is 7.91. The molecule has 0 saturated heterocycles. The highest BCUT2D eigenvalue weighted by Crippen LogP contribution is 2.14. The van der Waals surface area contributed by atoms with Gasteiger partial charge in [-0.3, -0.25) is 4.79 Å². The monoisotopic (exact) mass is 247 g/mol. The maximum Gasteiger partial charge on any atom is 0.223 e. The summed E-state index contributed by atoms with van der Waals surface area (Å²) in [6, 6.07) is 10.2. The van der Waals surface area contributed by atoms with E-state index >= 15 is 0 Å². The van der Waals surface area contributed by atoms with Crippen LogP contribution >= 0.6 is 0 Å². The summed E-state index contributed by atoms with van der Waals surface area (Å²) in [7, 11) is 0. The topological polar surface area (TPSA) is 29.1 Å². The molecule has 0 saturated carbocycles. The predicted molar refractivity (Wildman–Crippen MR) is 76.3 cm³/mol. The Labute approximate surface area is 111 Å². The van der Waals surface area contributed by atoms with E-state index in [1.165, 1.54) is 12.8 Å². The summed E-state index contributed by atoms with van der Waals surface area (Å²) < 4.78 is 0. The number of nitrogens with one attached hydrogen (secondary N) is 1. The van der Waals surface area contributed by atoms with Crippen LogP contribution in [0.25, 0.3) is 0 Å². The van der Waals surface area contributed by atoms with Gasteiger partial charge in [0.25, 0.3) is 0 Å². The molecule has 0 aliphatic rings. The highest BCUT2D eigenvalue weighted by Gasteiger charge is 2.15. The third kappa shape index (κ3) is 4.91. The molecule has 1 aromatic rings. The van der Waals surface area contributed by atoms with Crippen LogP contribution in [-0.4, -0.2) is 5.91 Å². The lowest BCUT2D eigenvalue weighted by atomic mass is 10.0. The summed E-state index contributed by atoms with van der Waals surface area (Å²) in [6.07, 6.45) is 4.55. The van der Waals surface area contributed by atoms with E-state index in [-0.39, 0.29) is 17.9 Å². The van der Waals surface area contributed by atoms with E-state index in [1.807, 2.05) is 44.2 Å². The molecule has 2 nitrogen and oxygen atoms in total. The first-order chi connectivity index (χ1) is 8.65. The van der Waals surface area contributed by atoms with Crippen molar-refractivity contribution in [3.05, 3.63) is 35.9 Å². The number of amides is 1. The Hall–Kier alpha value is -1.31. The molecule has 0 spiro atoms. The van der Waals surface area contributed by atoms with Crippen LogP contribution in [-0.2, 0) is 4.79 Å². The molecular weight excluding hydrogens is 222 g/mol. The van der Waals surface area contributed by atoms with Gasteiger partial charge in [-0.1, -0.05) is 63.4 Å². The summed E-state index contributed by atoms with van der Waals surface area (Å²) >= 11 is 0. The number of hydrogen-bond donors (Lipinski definition) is 1. The van der Waals surface area contributed by atoms with Crippen molar-refractivity contribution in [1.82, 2.24) is 5.32 Å². The van der Waals surface area contributed by atoms with Crippen molar-refractivity contribution >= 4 is 5.91 Å². The van der Waals surface area contributed by atoms with E-state index in [2.05, 4.69) is 12.2 Å². The molecule has 18 heavy (non-hydrogen) atoms. The summed E-state index contributed by atoms with van der Waals surface area (Å²) in [4.78, 5) is 12.0. The first kappa shape index (κ1) is 14.7. The van der Waals surface area contributed by atoms with Gasteiger partial charge in [-0.05, 0) is 18.9 Å². The van der Waals surface area contributed by atoms with Gasteiger partial charge in [-0.2, -0.15) is 0 Å². The second-order valence-corrected chi connectivity index (χ2v) is 5.04. The molecule has 100 valence electrons. The van der Waals surface area contributed by atoms with Crippen LogP contribution < -0.4 is 5.32 Å². The molecule has 0 heterocycles. The zero-order valence-corrected chi connectivity index (χ0v) is 11.8. The fraction of sp³-hybridized carbons (Fsp3) is 0.562. The number of unbranched alkanes of at least 4 members (excludes halogenated alkanes) is 2. The molecule has 0 radical (unpaired) electrons. The van der Waals surface area contributed by atoms with Gasteiger partial charge in [0.1, 0.15) is 0 Å². The smallest absolute Gasteiger partial charge is 0.223 e. The molecule has 2 heteroatoms. The summed E-state index contributed by atoms with van der Waals surface area (Å²) in [5, 5.41) is 3.08. The SMILES string of the molecule is CCCCCC(C)C(=O)NC(C)c1ccccc1. The van der Waals surface area contributed by atoms with Crippen LogP contribution in [0.4, 0.5) is 0 Å². The third-order valence-corrected chi connectivity index (χ3v) is 3.35. The van der Waals surface area contributed by atoms with E-state index in [0.29, 0.717) is 0 Å². The van der Waals surface area contributed by atoms with Crippen molar-refractivity contribution in [3.8, 4) is 0 Å². The molecule has 1 aromatic carbocycles. The van der Waals surface area contributed by atoms with Gasteiger partial charge < -0.3 is 5.32 Å². The molecule has 2 unspecified atom stereocenters. The van der Waals surface area contributed by atoms with Crippen LogP contribution in [0.15, 0.2) is 30.3 Å². The van der Waals surface area contributed by atoms with Crippen molar-refractivity contribution in [2.45, 2.75) is 52.5 Å². The first-order valence-electron chi connectivity index (χ1n) is 7.00. The van der Waals surface area contributed by atoms with Gasteiger partial charge >= 0.3 is 0 Å². The summed E-state index contributed by atoms with van der Waals surface area (Å²) in [6.45, 7) is 6.23. The van der Waals surface area contributed by atoms with Gasteiger partial charge in [0.15, 0.2) is 0 Å². The molecule has 0 aliphatic carbocycles. The van der Waals surface area contributed by atoms with Crippen molar-refractivity contribution in [1.29, 1.82) is 0 Å². The van der Waals surface area contributed by atoms with Crippen LogP contribution in [0, 0.1) is 5.92 Å². The van der Waals surface area contributed by atoms with Crippen LogP contribution in [0.1, 0.15) is 58.1 Å². The minimum Gasteiger partial charge on any atom is -0.349 e. The molecule has 1 N–H and O–H groups in total. The number of hydrogen-bond acceptors (Lipinski definition) is 1. The van der Waals surface area contributed by atoms with E-state index in [1.54, 1.807) is 0 Å². The average molecular weight is 247 g/mol. The largest absolute Gasteiger partial charge is 0.349 e. The van der Waals surface area contributed by atoms with Gasteiger partial charge in [0, 0.05) is 5.92 Å². The van der Waals surface area contributed by atoms with Crippen molar-refractivity contribution in [3.63, 3.8) is 0 Å². The highest BCUT2D eigenvalue weighted by atomic mass is 16.1. The van der Waals surface area contributed by atoms with Gasteiger partial charge in [-0.15, -0.1) is 0 Å². The quantitative estimate of drug-likeness (QED) is 0.723. The van der Waals surface area contributed by atoms with E-state index < -0.39 is 0 Å². The second-order valence-electron chi connectivity index (χ2n) is 5.04. The lowest BCUT2D eigenvalue weighted by Crippen LogP contribution is -2.31. The fourth-order valence-electron chi connectivity index (χ4n) is 2.01. The molecule has 1 rings (SSSR count). The van der Waals surface area contributed by atoms with Crippen LogP contribution in [0.5, 0.6) is 0 Å². The Kier molecular flexibility index (Phi) is 6.48. The Morgan fingerprint density at radius 2 is 1.83 bits per heavy atom. The molecule has 0 aromatic heterocycles. The van der Waals surface area contributed by atoms with E-state index in [4.69, 9.17) is 0 Å².